The number of hydroxylamine groups is 2. The van der Waals surface area contributed by atoms with Crippen LogP contribution in [0.2, 0.25) is 0 Å². The molecule has 1 unspecified atom stereocenters. The number of rotatable bonds is 15. The van der Waals surface area contributed by atoms with Gasteiger partial charge in [0.05, 0.1) is 17.4 Å². The largest absolute Gasteiger partial charge is 0.441 e. The van der Waals surface area contributed by atoms with Crippen LogP contribution in [0.1, 0.15) is 66.9 Å². The maximum Gasteiger partial charge on any atom is 0.363 e. The molecule has 0 aliphatic heterocycles. The summed E-state index contributed by atoms with van der Waals surface area (Å²) in [4.78, 5) is 21.3. The van der Waals surface area contributed by atoms with Gasteiger partial charge in [-0.25, -0.2) is 18.6 Å². The summed E-state index contributed by atoms with van der Waals surface area (Å²) in [5, 5.41) is 0. The number of nitrogens with one attached hydrogen (secondary N) is 2. The Morgan fingerprint density at radius 3 is 2.38 bits per heavy atom. The molecule has 2 heterocycles. The van der Waals surface area contributed by atoms with Crippen LogP contribution in [-0.4, -0.2) is 35.0 Å². The molecule has 0 amide bonds. The summed E-state index contributed by atoms with van der Waals surface area (Å²) in [7, 11) is -3.54. The summed E-state index contributed by atoms with van der Waals surface area (Å²) in [6.45, 7) is 8.21. The molecule has 0 bridgehead atoms. The van der Waals surface area contributed by atoms with E-state index in [-0.39, 0.29) is 29.8 Å². The summed E-state index contributed by atoms with van der Waals surface area (Å²) < 4.78 is 44.5. The van der Waals surface area contributed by atoms with E-state index in [0.29, 0.717) is 48.8 Å². The highest BCUT2D eigenvalue weighted by molar-refractivity contribution is 7.53. The van der Waals surface area contributed by atoms with Gasteiger partial charge in [-0.2, -0.15) is 11.0 Å². The lowest BCUT2D eigenvalue weighted by molar-refractivity contribution is 0.0977. The number of oxazole rings is 1. The molecule has 2 aromatic heterocycles. The van der Waals surface area contributed by atoms with Gasteiger partial charge in [0.15, 0.2) is 5.78 Å². The fourth-order valence-corrected chi connectivity index (χ4v) is 5.66. The van der Waals surface area contributed by atoms with Crippen LogP contribution in [0.3, 0.4) is 0 Å². The zero-order valence-electron chi connectivity index (χ0n) is 21.6. The van der Waals surface area contributed by atoms with E-state index in [2.05, 4.69) is 20.9 Å². The molecule has 0 saturated heterocycles. The predicted molar refractivity (Wildman–Crippen MR) is 139 cm³/mol. The van der Waals surface area contributed by atoms with Gasteiger partial charge in [-0.15, -0.1) is 0 Å². The Morgan fingerprint density at radius 1 is 1.11 bits per heavy atom. The van der Waals surface area contributed by atoms with Crippen molar-refractivity contribution in [2.24, 2.45) is 0 Å². The van der Waals surface area contributed by atoms with Gasteiger partial charge in [0, 0.05) is 43.9 Å². The average Bonchev–Trinajstić information content (AvgIpc) is 3.29. The molecule has 1 aromatic carbocycles. The lowest BCUT2D eigenvalue weighted by Gasteiger charge is -2.23. The second kappa shape index (κ2) is 13.7. The molecule has 3 aromatic rings. The molecule has 1 atom stereocenters. The molecular formula is C26H34FN4O5P. The fourth-order valence-electron chi connectivity index (χ4n) is 3.82. The van der Waals surface area contributed by atoms with E-state index in [1.807, 2.05) is 20.8 Å². The minimum absolute atomic E-state index is 0.00471. The maximum atomic E-state index is 15.0. The van der Waals surface area contributed by atoms with E-state index in [9.17, 15) is 9.36 Å². The number of aryl methyl sites for hydroxylation is 2. The number of nitrogens with zero attached hydrogens (tertiary/aromatic N) is 2. The molecule has 0 saturated carbocycles. The van der Waals surface area contributed by atoms with Crippen molar-refractivity contribution in [3.8, 4) is 11.5 Å². The number of carbonyl (C=O) groups is 1. The Balaban J connectivity index is 1.69. The lowest BCUT2D eigenvalue weighted by Crippen LogP contribution is -2.21. The van der Waals surface area contributed by atoms with Gasteiger partial charge >= 0.3 is 7.60 Å². The Bertz CT molecular complexity index is 1210. The maximum absolute atomic E-state index is 15.0. The predicted octanol–water partition coefficient (Wildman–Crippen LogP) is 5.77. The molecule has 0 spiro atoms. The van der Waals surface area contributed by atoms with Gasteiger partial charge in [-0.1, -0.05) is 26.8 Å². The topological polar surface area (TPSA) is 116 Å². The Labute approximate surface area is 216 Å². The van der Waals surface area contributed by atoms with Crippen LogP contribution in [0, 0.1) is 12.7 Å². The fraction of sp³-hybridized carbons (Fsp3) is 0.423. The van der Waals surface area contributed by atoms with Crippen molar-refractivity contribution in [1.29, 1.82) is 0 Å². The molecule has 0 aliphatic carbocycles. The number of pyridine rings is 1. The summed E-state index contributed by atoms with van der Waals surface area (Å²) in [5.74, 6) is -0.180. The monoisotopic (exact) mass is 532 g/mol. The molecule has 9 nitrogen and oxygen atoms in total. The molecule has 200 valence electrons. The Hall–Kier alpha value is -2.75. The van der Waals surface area contributed by atoms with Crippen molar-refractivity contribution < 1.29 is 27.4 Å². The molecule has 0 radical (unpaired) electrons. The number of halogens is 1. The summed E-state index contributed by atoms with van der Waals surface area (Å²) in [6, 6.07) is 8.08. The number of aromatic nitrogens is 2. The normalized spacial score (nSPS) is 12.6. The van der Waals surface area contributed by atoms with Crippen molar-refractivity contribution in [3.05, 3.63) is 71.1 Å². The molecule has 3 rings (SSSR count). The smallest absolute Gasteiger partial charge is 0.363 e. The Kier molecular flexibility index (Phi) is 10.7. The molecular weight excluding hydrogens is 498 g/mol. The van der Waals surface area contributed by atoms with E-state index in [1.165, 1.54) is 12.1 Å². The van der Waals surface area contributed by atoms with Gasteiger partial charge in [-0.3, -0.25) is 14.3 Å². The first-order valence-corrected chi connectivity index (χ1v) is 14.1. The minimum Gasteiger partial charge on any atom is -0.441 e. The van der Waals surface area contributed by atoms with E-state index in [0.717, 1.165) is 5.56 Å². The molecule has 11 heteroatoms. The summed E-state index contributed by atoms with van der Waals surface area (Å²) in [5.41, 5.74) is 7.26. The highest BCUT2D eigenvalue weighted by atomic mass is 31.2. The van der Waals surface area contributed by atoms with Crippen molar-refractivity contribution in [3.63, 3.8) is 0 Å². The minimum atomic E-state index is -3.54. The van der Waals surface area contributed by atoms with E-state index in [1.54, 1.807) is 37.5 Å². The van der Waals surface area contributed by atoms with Gasteiger partial charge in [0.1, 0.15) is 11.6 Å². The van der Waals surface area contributed by atoms with Crippen molar-refractivity contribution >= 4 is 13.4 Å². The first kappa shape index (κ1) is 28.8. The van der Waals surface area contributed by atoms with Crippen molar-refractivity contribution in [2.45, 2.75) is 52.9 Å². The van der Waals surface area contributed by atoms with Crippen LogP contribution in [0.15, 0.2) is 47.1 Å². The first-order chi connectivity index (χ1) is 17.8. The van der Waals surface area contributed by atoms with Gasteiger partial charge in [0.2, 0.25) is 5.89 Å². The zero-order chi connectivity index (χ0) is 26.8. The number of ketones is 1. The third-order valence-corrected chi connectivity index (χ3v) is 7.51. The SMILES string of the molecule is CCNOP(=O)(CC(CC)c1ccc(C(=O)CCc2nc(-c3ccncc3)oc2C)c(F)c1)ONCC. The van der Waals surface area contributed by atoms with E-state index in [4.69, 9.17) is 13.7 Å². The van der Waals surface area contributed by atoms with Crippen molar-refractivity contribution in [1.82, 2.24) is 20.9 Å². The van der Waals surface area contributed by atoms with Gasteiger partial charge in [0.25, 0.3) is 0 Å². The average molecular weight is 533 g/mol. The number of Topliss-reactive ketones (excluding diaryl/α,β-unsaturated/α-hetero) is 1. The number of benzene rings is 1. The van der Waals surface area contributed by atoms with Crippen molar-refractivity contribution in [2.75, 3.05) is 19.3 Å². The Morgan fingerprint density at radius 2 is 1.78 bits per heavy atom. The van der Waals surface area contributed by atoms with E-state index >= 15 is 4.39 Å². The number of carbonyl (C=O) groups excluding carboxylic acids is 1. The third kappa shape index (κ3) is 7.87. The van der Waals surface area contributed by atoms with Crippen LogP contribution in [0.5, 0.6) is 0 Å². The standard InChI is InChI=1S/C26H34FN4O5P/c1-5-19(17-37(33,35-29-6-2)36-30-7-3)21-8-9-22(23(27)16-21)25(32)11-10-24-18(4)34-26(31-24)20-12-14-28-15-13-20/h8-9,12-16,19,29-30H,5-7,10-11,17H2,1-4H3. The molecule has 0 fully saturated rings. The van der Waals surface area contributed by atoms with Crippen LogP contribution in [0.4, 0.5) is 4.39 Å². The van der Waals surface area contributed by atoms with Crippen LogP contribution in [0.25, 0.3) is 11.5 Å². The van der Waals surface area contributed by atoms with Gasteiger partial charge in [-0.05, 0) is 49.1 Å². The quantitative estimate of drug-likeness (QED) is 0.143. The third-order valence-electron chi connectivity index (χ3n) is 5.81. The van der Waals surface area contributed by atoms with Crippen LogP contribution >= 0.6 is 7.60 Å². The lowest BCUT2D eigenvalue weighted by atomic mass is 9.95. The highest BCUT2D eigenvalue weighted by Gasteiger charge is 2.31. The molecule has 37 heavy (non-hydrogen) atoms. The first-order valence-electron chi connectivity index (χ1n) is 12.4. The number of hydrogen-bond donors (Lipinski definition) is 2. The van der Waals surface area contributed by atoms with Gasteiger partial charge < -0.3 is 4.42 Å². The molecule has 2 N–H and O–H groups in total. The van der Waals surface area contributed by atoms with Crippen LogP contribution < -0.4 is 11.0 Å². The van der Waals surface area contributed by atoms with E-state index < -0.39 is 13.4 Å². The zero-order valence-corrected chi connectivity index (χ0v) is 22.5. The summed E-state index contributed by atoms with van der Waals surface area (Å²) in [6.07, 6.45) is 4.32. The number of hydrogen-bond acceptors (Lipinski definition) is 9. The van der Waals surface area contributed by atoms with Crippen LogP contribution in [-0.2, 0) is 20.2 Å². The molecule has 0 aliphatic rings. The second-order valence-electron chi connectivity index (χ2n) is 8.50. The second-order valence-corrected chi connectivity index (χ2v) is 10.4. The summed E-state index contributed by atoms with van der Waals surface area (Å²) >= 11 is 0. The highest BCUT2D eigenvalue weighted by Crippen LogP contribution is 2.50.